The molecule has 0 fully saturated rings. The van der Waals surface area contributed by atoms with Crippen LogP contribution in [0.4, 0.5) is 4.39 Å². The number of hydrogen-bond acceptors (Lipinski definition) is 1. The first kappa shape index (κ1) is 14.3. The van der Waals surface area contributed by atoms with Gasteiger partial charge in [0.25, 0.3) is 0 Å². The van der Waals surface area contributed by atoms with Gasteiger partial charge in [0, 0.05) is 19.8 Å². The predicted octanol–water partition coefficient (Wildman–Crippen LogP) is 6.19. The molecular formula is C13H10BrCl2FS. The summed E-state index contributed by atoms with van der Waals surface area (Å²) in [7, 11) is 0. The minimum absolute atomic E-state index is 0.349. The summed E-state index contributed by atoms with van der Waals surface area (Å²) in [6.45, 7) is 2.08. The molecule has 0 aliphatic carbocycles. The number of rotatable bonds is 3. The van der Waals surface area contributed by atoms with Crippen molar-refractivity contribution in [3.63, 3.8) is 0 Å². The van der Waals surface area contributed by atoms with E-state index in [-0.39, 0.29) is 5.82 Å². The highest BCUT2D eigenvalue weighted by molar-refractivity contribution is 9.10. The lowest BCUT2D eigenvalue weighted by Gasteiger charge is -2.10. The van der Waals surface area contributed by atoms with E-state index in [4.69, 9.17) is 23.2 Å². The second-order valence-electron chi connectivity index (χ2n) is 3.81. The lowest BCUT2D eigenvalue weighted by Crippen LogP contribution is -1.95. The maximum atomic E-state index is 13.9. The van der Waals surface area contributed by atoms with Crippen molar-refractivity contribution in [2.75, 3.05) is 0 Å². The molecule has 1 aromatic carbocycles. The van der Waals surface area contributed by atoms with Crippen LogP contribution in [0.15, 0.2) is 28.7 Å². The molecule has 0 radical (unpaired) electrons. The Morgan fingerprint density at radius 1 is 1.39 bits per heavy atom. The van der Waals surface area contributed by atoms with Crippen LogP contribution in [0.5, 0.6) is 0 Å². The third-order valence-electron chi connectivity index (χ3n) is 2.59. The molecule has 0 aliphatic rings. The third-order valence-corrected chi connectivity index (χ3v) is 5.68. The molecule has 1 atom stereocenters. The second kappa shape index (κ2) is 5.91. The molecule has 1 heterocycles. The van der Waals surface area contributed by atoms with Crippen LogP contribution >= 0.6 is 50.5 Å². The van der Waals surface area contributed by atoms with Gasteiger partial charge in [-0.2, -0.15) is 0 Å². The summed E-state index contributed by atoms with van der Waals surface area (Å²) in [6, 6.07) is 6.88. The fourth-order valence-corrected chi connectivity index (χ4v) is 3.42. The Kier molecular flexibility index (Phi) is 4.70. The average Bonchev–Trinajstić information content (AvgIpc) is 2.81. The molecule has 18 heavy (non-hydrogen) atoms. The van der Waals surface area contributed by atoms with Crippen molar-refractivity contribution < 1.29 is 4.39 Å². The Morgan fingerprint density at radius 3 is 2.72 bits per heavy atom. The van der Waals surface area contributed by atoms with Crippen LogP contribution in [-0.2, 0) is 6.42 Å². The van der Waals surface area contributed by atoms with Crippen LogP contribution in [0.25, 0.3) is 0 Å². The van der Waals surface area contributed by atoms with Crippen LogP contribution in [0.2, 0.25) is 5.02 Å². The molecule has 0 spiro atoms. The molecule has 5 heteroatoms. The number of alkyl halides is 1. The third kappa shape index (κ3) is 2.90. The van der Waals surface area contributed by atoms with Crippen molar-refractivity contribution in [2.45, 2.75) is 18.7 Å². The first-order chi connectivity index (χ1) is 8.52. The molecule has 0 saturated heterocycles. The summed E-state index contributed by atoms with van der Waals surface area (Å²) in [5, 5.41) is -0.0368. The topological polar surface area (TPSA) is 0 Å². The Morgan fingerprint density at radius 2 is 2.11 bits per heavy atom. The molecule has 0 bridgehead atoms. The molecule has 0 amide bonds. The van der Waals surface area contributed by atoms with E-state index in [1.165, 1.54) is 10.9 Å². The van der Waals surface area contributed by atoms with E-state index >= 15 is 0 Å². The molecular weight excluding hydrogens is 358 g/mol. The Hall–Kier alpha value is -0.0900. The number of benzene rings is 1. The quantitative estimate of drug-likeness (QED) is 0.448. The van der Waals surface area contributed by atoms with Crippen LogP contribution in [-0.4, -0.2) is 0 Å². The summed E-state index contributed by atoms with van der Waals surface area (Å²) >= 11 is 17.1. The van der Waals surface area contributed by atoms with E-state index in [2.05, 4.69) is 22.9 Å². The van der Waals surface area contributed by atoms with Crippen molar-refractivity contribution in [2.24, 2.45) is 0 Å². The fourth-order valence-electron chi connectivity index (χ4n) is 1.61. The number of thiophene rings is 1. The van der Waals surface area contributed by atoms with Gasteiger partial charge in [-0.3, -0.25) is 0 Å². The van der Waals surface area contributed by atoms with E-state index < -0.39 is 5.38 Å². The molecule has 2 rings (SSSR count). The first-order valence-electron chi connectivity index (χ1n) is 5.40. The van der Waals surface area contributed by atoms with Crippen molar-refractivity contribution in [1.29, 1.82) is 0 Å². The largest absolute Gasteiger partial charge is 0.207 e. The minimum Gasteiger partial charge on any atom is -0.207 e. The first-order valence-corrected chi connectivity index (χ1v) is 7.82. The predicted molar refractivity (Wildman–Crippen MR) is 80.5 cm³/mol. The summed E-state index contributed by atoms with van der Waals surface area (Å²) < 4.78 is 14.4. The van der Waals surface area contributed by atoms with Gasteiger partial charge in [-0.1, -0.05) is 18.5 Å². The zero-order valence-electron chi connectivity index (χ0n) is 9.51. The Bertz CT molecular complexity index is 568. The van der Waals surface area contributed by atoms with E-state index in [1.54, 1.807) is 17.4 Å². The molecule has 0 nitrogen and oxygen atoms in total. The highest BCUT2D eigenvalue weighted by Crippen LogP contribution is 2.38. The SMILES string of the molecule is CCc1ccc(C(Cl)c2cc(Cl)c(Br)cc2F)s1. The number of hydrogen-bond donors (Lipinski definition) is 0. The van der Waals surface area contributed by atoms with Crippen LogP contribution in [0, 0.1) is 5.82 Å². The van der Waals surface area contributed by atoms with Gasteiger partial charge in [0.1, 0.15) is 5.82 Å². The van der Waals surface area contributed by atoms with Crippen molar-refractivity contribution in [1.82, 2.24) is 0 Å². The molecule has 0 saturated carbocycles. The minimum atomic E-state index is -0.499. The summed E-state index contributed by atoms with van der Waals surface area (Å²) in [6.07, 6.45) is 0.956. The van der Waals surface area contributed by atoms with Crippen LogP contribution in [0.1, 0.15) is 27.6 Å². The zero-order valence-corrected chi connectivity index (χ0v) is 13.4. The van der Waals surface area contributed by atoms with E-state index in [1.807, 2.05) is 12.1 Å². The van der Waals surface area contributed by atoms with Gasteiger partial charge in [0.15, 0.2) is 0 Å². The van der Waals surface area contributed by atoms with Crippen LogP contribution < -0.4 is 0 Å². The van der Waals surface area contributed by atoms with Gasteiger partial charge < -0.3 is 0 Å². The normalized spacial score (nSPS) is 12.7. The van der Waals surface area contributed by atoms with Gasteiger partial charge in [-0.25, -0.2) is 4.39 Å². The maximum absolute atomic E-state index is 13.9. The van der Waals surface area contributed by atoms with Gasteiger partial charge in [-0.15, -0.1) is 22.9 Å². The summed E-state index contributed by atoms with van der Waals surface area (Å²) in [5.41, 5.74) is 0.411. The Balaban J connectivity index is 2.39. The maximum Gasteiger partial charge on any atom is 0.129 e. The molecule has 1 aromatic heterocycles. The van der Waals surface area contributed by atoms with Crippen molar-refractivity contribution in [3.05, 3.63) is 54.9 Å². The number of halogens is 4. The van der Waals surface area contributed by atoms with Gasteiger partial charge in [-0.05, 0) is 46.6 Å². The standard InChI is InChI=1S/C13H10BrCl2FS/c1-2-7-3-4-12(18-7)13(16)8-5-10(15)9(14)6-11(8)17/h3-6,13H,2H2,1H3. The molecule has 96 valence electrons. The van der Waals surface area contributed by atoms with Gasteiger partial charge in [0.2, 0.25) is 0 Å². The molecule has 1 unspecified atom stereocenters. The van der Waals surface area contributed by atoms with E-state index in [0.29, 0.717) is 15.1 Å². The van der Waals surface area contributed by atoms with Gasteiger partial charge >= 0.3 is 0 Å². The summed E-state index contributed by atoms with van der Waals surface area (Å²) in [5.74, 6) is -0.349. The lowest BCUT2D eigenvalue weighted by atomic mass is 10.1. The average molecular weight is 368 g/mol. The fraction of sp³-hybridized carbons (Fsp3) is 0.231. The summed E-state index contributed by atoms with van der Waals surface area (Å²) in [4.78, 5) is 2.17. The second-order valence-corrected chi connectivity index (χ2v) is 6.71. The molecule has 0 N–H and O–H groups in total. The molecule has 0 aliphatic heterocycles. The van der Waals surface area contributed by atoms with Crippen molar-refractivity contribution in [3.8, 4) is 0 Å². The lowest BCUT2D eigenvalue weighted by molar-refractivity contribution is 0.612. The smallest absolute Gasteiger partial charge is 0.129 e. The molecule has 2 aromatic rings. The monoisotopic (exact) mass is 366 g/mol. The Labute approximate surface area is 128 Å². The van der Waals surface area contributed by atoms with Gasteiger partial charge in [0.05, 0.1) is 10.4 Å². The van der Waals surface area contributed by atoms with Crippen molar-refractivity contribution >= 4 is 50.5 Å². The van der Waals surface area contributed by atoms with Crippen LogP contribution in [0.3, 0.4) is 0 Å². The highest BCUT2D eigenvalue weighted by atomic mass is 79.9. The highest BCUT2D eigenvalue weighted by Gasteiger charge is 2.18. The van der Waals surface area contributed by atoms with E-state index in [0.717, 1.165) is 11.3 Å². The number of aryl methyl sites for hydroxylation is 1. The zero-order chi connectivity index (χ0) is 13.3. The van der Waals surface area contributed by atoms with E-state index in [9.17, 15) is 4.39 Å².